The van der Waals surface area contributed by atoms with Gasteiger partial charge in [-0.2, -0.15) is 4.31 Å². The summed E-state index contributed by atoms with van der Waals surface area (Å²) in [4.78, 5) is 41.0. The molecule has 1 aliphatic rings. The zero-order valence-electron chi connectivity index (χ0n) is 23.6. The van der Waals surface area contributed by atoms with Crippen LogP contribution in [0, 0.1) is 0 Å². The lowest BCUT2D eigenvalue weighted by molar-refractivity contribution is -0.119. The van der Waals surface area contributed by atoms with E-state index in [-0.39, 0.29) is 17.0 Å². The zero-order valence-corrected chi connectivity index (χ0v) is 25.2. The van der Waals surface area contributed by atoms with Gasteiger partial charge in [-0.05, 0) is 55.7 Å². The van der Waals surface area contributed by atoms with Crippen LogP contribution in [0.2, 0.25) is 0 Å². The maximum absolute atomic E-state index is 13.3. The number of benzene rings is 2. The van der Waals surface area contributed by atoms with Gasteiger partial charge in [0.15, 0.2) is 0 Å². The SMILES string of the molecule is CCN(Cc1ccccc1)S(=O)(=O)c1ccc(C(=O)Nc2sc3c(c2C(=O)NNC(C)=O)CCN(C(C)C)C3)cc1. The van der Waals surface area contributed by atoms with Crippen LogP contribution < -0.4 is 16.2 Å². The van der Waals surface area contributed by atoms with Crippen molar-refractivity contribution in [3.63, 3.8) is 0 Å². The third kappa shape index (κ3) is 7.02. The highest BCUT2D eigenvalue weighted by molar-refractivity contribution is 7.89. The highest BCUT2D eigenvalue weighted by Gasteiger charge is 2.30. The smallest absolute Gasteiger partial charge is 0.272 e. The molecule has 10 nitrogen and oxygen atoms in total. The largest absolute Gasteiger partial charge is 0.313 e. The quantitative estimate of drug-likeness (QED) is 0.323. The fraction of sp³-hybridized carbons (Fsp3) is 0.345. The number of carbonyl (C=O) groups excluding carboxylic acids is 3. The van der Waals surface area contributed by atoms with Gasteiger partial charge in [0.1, 0.15) is 5.00 Å². The highest BCUT2D eigenvalue weighted by atomic mass is 32.2. The molecule has 0 unspecified atom stereocenters. The average Bonchev–Trinajstić information content (AvgIpc) is 3.32. The maximum Gasteiger partial charge on any atom is 0.272 e. The van der Waals surface area contributed by atoms with E-state index in [4.69, 9.17) is 0 Å². The molecule has 0 aliphatic carbocycles. The van der Waals surface area contributed by atoms with Crippen LogP contribution in [0.25, 0.3) is 0 Å². The van der Waals surface area contributed by atoms with Gasteiger partial charge in [-0.15, -0.1) is 11.3 Å². The second kappa shape index (κ2) is 12.9. The Bertz CT molecular complexity index is 1520. The van der Waals surface area contributed by atoms with Crippen LogP contribution >= 0.6 is 11.3 Å². The van der Waals surface area contributed by atoms with E-state index in [0.717, 1.165) is 22.5 Å². The normalized spacial score (nSPS) is 13.6. The number of thiophene rings is 1. The predicted molar refractivity (Wildman–Crippen MR) is 159 cm³/mol. The van der Waals surface area contributed by atoms with Gasteiger partial charge in [0.05, 0.1) is 10.5 Å². The topological polar surface area (TPSA) is 128 Å². The van der Waals surface area contributed by atoms with E-state index in [1.54, 1.807) is 6.92 Å². The van der Waals surface area contributed by atoms with E-state index >= 15 is 0 Å². The Kier molecular flexibility index (Phi) is 9.59. The molecule has 0 saturated heterocycles. The third-order valence-electron chi connectivity index (χ3n) is 6.93. The van der Waals surface area contributed by atoms with Gasteiger partial charge in [-0.25, -0.2) is 8.42 Å². The third-order valence-corrected chi connectivity index (χ3v) is 10.00. The number of carbonyl (C=O) groups is 3. The van der Waals surface area contributed by atoms with Crippen LogP contribution in [0.4, 0.5) is 5.00 Å². The first-order valence-corrected chi connectivity index (χ1v) is 15.7. The van der Waals surface area contributed by atoms with Crippen LogP contribution in [0.15, 0.2) is 59.5 Å². The molecule has 0 atom stereocenters. The predicted octanol–water partition coefficient (Wildman–Crippen LogP) is 3.76. The Hall–Kier alpha value is -3.58. The van der Waals surface area contributed by atoms with Crippen molar-refractivity contribution in [2.24, 2.45) is 0 Å². The molecular weight excluding hydrogens is 562 g/mol. The lowest BCUT2D eigenvalue weighted by Crippen LogP contribution is -2.41. The molecule has 218 valence electrons. The number of nitrogens with zero attached hydrogens (tertiary/aromatic N) is 2. The summed E-state index contributed by atoms with van der Waals surface area (Å²) in [5, 5.41) is 3.23. The summed E-state index contributed by atoms with van der Waals surface area (Å²) in [6, 6.07) is 15.4. The molecule has 41 heavy (non-hydrogen) atoms. The van der Waals surface area contributed by atoms with E-state index in [1.807, 2.05) is 30.3 Å². The summed E-state index contributed by atoms with van der Waals surface area (Å²) < 4.78 is 28.0. The number of sulfonamides is 1. The summed E-state index contributed by atoms with van der Waals surface area (Å²) in [6.45, 7) is 9.24. The van der Waals surface area contributed by atoms with Crippen molar-refractivity contribution in [1.29, 1.82) is 0 Å². The number of hydrogen-bond acceptors (Lipinski definition) is 7. The molecule has 2 heterocycles. The number of rotatable bonds is 9. The van der Waals surface area contributed by atoms with Crippen molar-refractivity contribution < 1.29 is 22.8 Å². The van der Waals surface area contributed by atoms with Gasteiger partial charge in [-0.3, -0.25) is 30.1 Å². The minimum atomic E-state index is -3.78. The molecule has 0 bridgehead atoms. The van der Waals surface area contributed by atoms with E-state index in [0.29, 0.717) is 36.1 Å². The number of anilines is 1. The first kappa shape index (κ1) is 30.4. The molecule has 3 aromatic rings. The van der Waals surface area contributed by atoms with Gasteiger partial charge in [-0.1, -0.05) is 37.3 Å². The van der Waals surface area contributed by atoms with Crippen LogP contribution in [0.3, 0.4) is 0 Å². The van der Waals surface area contributed by atoms with E-state index < -0.39 is 27.7 Å². The molecule has 0 radical (unpaired) electrons. The summed E-state index contributed by atoms with van der Waals surface area (Å²) in [5.41, 5.74) is 7.03. The molecule has 4 rings (SSSR count). The van der Waals surface area contributed by atoms with Crippen molar-refractivity contribution in [3.05, 3.63) is 81.7 Å². The monoisotopic (exact) mass is 597 g/mol. The second-order valence-electron chi connectivity index (χ2n) is 10.1. The first-order chi connectivity index (χ1) is 19.5. The van der Waals surface area contributed by atoms with Gasteiger partial charge < -0.3 is 5.32 Å². The van der Waals surface area contributed by atoms with Crippen molar-refractivity contribution in [3.8, 4) is 0 Å². The molecule has 1 aromatic heterocycles. The summed E-state index contributed by atoms with van der Waals surface area (Å²) in [5.74, 6) is -1.40. The van der Waals surface area contributed by atoms with Crippen LogP contribution in [0.1, 0.15) is 64.4 Å². The number of hydrogen-bond donors (Lipinski definition) is 3. The molecule has 0 fully saturated rings. The van der Waals surface area contributed by atoms with Crippen LogP contribution in [-0.4, -0.2) is 54.5 Å². The minimum Gasteiger partial charge on any atom is -0.313 e. The van der Waals surface area contributed by atoms with Crippen molar-refractivity contribution in [2.45, 2.75) is 58.1 Å². The number of fused-ring (bicyclic) bond motifs is 1. The molecule has 1 aliphatic heterocycles. The first-order valence-electron chi connectivity index (χ1n) is 13.4. The lowest BCUT2D eigenvalue weighted by Gasteiger charge is -2.30. The number of hydrazine groups is 1. The minimum absolute atomic E-state index is 0.0857. The van der Waals surface area contributed by atoms with Crippen LogP contribution in [-0.2, 0) is 34.3 Å². The highest BCUT2D eigenvalue weighted by Crippen LogP contribution is 2.38. The Morgan fingerprint density at radius 3 is 2.29 bits per heavy atom. The molecule has 0 spiro atoms. The van der Waals surface area contributed by atoms with Gasteiger partial charge in [0, 0.05) is 49.6 Å². The Labute approximate surface area is 244 Å². The fourth-order valence-corrected chi connectivity index (χ4v) is 7.36. The number of nitrogens with one attached hydrogen (secondary N) is 3. The Balaban J connectivity index is 1.56. The van der Waals surface area contributed by atoms with Gasteiger partial charge in [0.2, 0.25) is 15.9 Å². The summed E-state index contributed by atoms with van der Waals surface area (Å²) in [6.07, 6.45) is 0.631. The zero-order chi connectivity index (χ0) is 29.7. The summed E-state index contributed by atoms with van der Waals surface area (Å²) in [7, 11) is -3.78. The van der Waals surface area contributed by atoms with E-state index in [9.17, 15) is 22.8 Å². The fourth-order valence-electron chi connectivity index (χ4n) is 4.66. The van der Waals surface area contributed by atoms with E-state index in [2.05, 4.69) is 34.9 Å². The lowest BCUT2D eigenvalue weighted by atomic mass is 10.0. The van der Waals surface area contributed by atoms with Gasteiger partial charge in [0.25, 0.3) is 11.8 Å². The molecule has 3 amide bonds. The average molecular weight is 598 g/mol. The molecule has 0 saturated carbocycles. The molecule has 12 heteroatoms. The maximum atomic E-state index is 13.3. The number of amides is 3. The van der Waals surface area contributed by atoms with Crippen molar-refractivity contribution in [2.75, 3.05) is 18.4 Å². The molecule has 2 aromatic carbocycles. The Morgan fingerprint density at radius 1 is 1.00 bits per heavy atom. The molecular formula is C29H35N5O5S2. The molecule has 3 N–H and O–H groups in total. The van der Waals surface area contributed by atoms with Crippen molar-refractivity contribution in [1.82, 2.24) is 20.1 Å². The van der Waals surface area contributed by atoms with Crippen LogP contribution in [0.5, 0.6) is 0 Å². The second-order valence-corrected chi connectivity index (χ2v) is 13.1. The van der Waals surface area contributed by atoms with Crippen molar-refractivity contribution >= 4 is 44.1 Å². The standard InChI is InChI=1S/C29H35N5O5S2/c1-5-34(17-21-9-7-6-8-10-21)41(38,39)23-13-11-22(12-14-23)27(36)30-29-26(28(37)32-31-20(4)35)24-15-16-33(19(2)3)18-25(24)40-29/h6-14,19H,5,15-18H2,1-4H3,(H,30,36)(H,31,35)(H,32,37). The Morgan fingerprint density at radius 2 is 1.68 bits per heavy atom. The van der Waals surface area contributed by atoms with E-state index in [1.165, 1.54) is 46.8 Å². The van der Waals surface area contributed by atoms with Gasteiger partial charge >= 0.3 is 0 Å². The summed E-state index contributed by atoms with van der Waals surface area (Å²) >= 11 is 1.33.